The number of para-hydroxylation sites is 1. The van der Waals surface area contributed by atoms with E-state index in [9.17, 15) is 5.11 Å². The Balaban J connectivity index is 2.20. The summed E-state index contributed by atoms with van der Waals surface area (Å²) >= 11 is 0. The Morgan fingerprint density at radius 2 is 2.19 bits per heavy atom. The lowest BCUT2D eigenvalue weighted by atomic mass is 10.0. The van der Waals surface area contributed by atoms with Gasteiger partial charge in [0.15, 0.2) is 5.84 Å². The van der Waals surface area contributed by atoms with Crippen LogP contribution in [-0.4, -0.2) is 40.3 Å². The Kier molecular flexibility index (Phi) is 3.62. The molecule has 1 saturated heterocycles. The van der Waals surface area contributed by atoms with E-state index in [1.165, 1.54) is 0 Å². The minimum atomic E-state index is -0.356. The predicted molar refractivity (Wildman–Crippen MR) is 81.7 cm³/mol. The van der Waals surface area contributed by atoms with Gasteiger partial charge in [-0.25, -0.2) is 0 Å². The molecule has 0 saturated carbocycles. The number of aromatic nitrogens is 1. The zero-order valence-corrected chi connectivity index (χ0v) is 11.6. The van der Waals surface area contributed by atoms with Crippen LogP contribution < -0.4 is 10.6 Å². The van der Waals surface area contributed by atoms with Crippen molar-refractivity contribution >= 4 is 22.4 Å². The van der Waals surface area contributed by atoms with Crippen molar-refractivity contribution in [1.29, 1.82) is 0 Å². The first-order valence-corrected chi connectivity index (χ1v) is 6.99. The number of hydrogen-bond donors (Lipinski definition) is 3. The molecule has 110 valence electrons. The zero-order chi connectivity index (χ0) is 14.8. The molecule has 1 aliphatic heterocycles. The number of hydrogen-bond acceptors (Lipinski definition) is 5. The van der Waals surface area contributed by atoms with Crippen LogP contribution in [0.25, 0.3) is 10.9 Å². The number of oxime groups is 1. The molecular weight excluding hydrogens is 268 g/mol. The molecule has 1 aromatic carbocycles. The van der Waals surface area contributed by atoms with Crippen molar-refractivity contribution in [2.45, 2.75) is 18.9 Å². The summed E-state index contributed by atoms with van der Waals surface area (Å²) < 4.78 is 0. The average Bonchev–Trinajstić information content (AvgIpc) is 2.53. The van der Waals surface area contributed by atoms with Crippen molar-refractivity contribution in [1.82, 2.24) is 4.98 Å². The van der Waals surface area contributed by atoms with Crippen LogP contribution in [0.1, 0.15) is 18.4 Å². The maximum absolute atomic E-state index is 9.93. The fourth-order valence-electron chi connectivity index (χ4n) is 2.87. The Morgan fingerprint density at radius 1 is 1.38 bits per heavy atom. The SMILES string of the molecule is NC(=NO)c1cnc2ccccc2c1N1CCCC(O)C1. The highest BCUT2D eigenvalue weighted by Crippen LogP contribution is 2.31. The van der Waals surface area contributed by atoms with Crippen molar-refractivity contribution in [3.8, 4) is 0 Å². The molecule has 0 radical (unpaired) electrons. The molecule has 1 aromatic heterocycles. The Morgan fingerprint density at radius 3 is 2.95 bits per heavy atom. The minimum Gasteiger partial charge on any atom is -0.409 e. The summed E-state index contributed by atoms with van der Waals surface area (Å²) in [4.78, 5) is 6.45. The number of nitrogens with zero attached hydrogens (tertiary/aromatic N) is 3. The monoisotopic (exact) mass is 286 g/mol. The van der Waals surface area contributed by atoms with Gasteiger partial charge in [0.2, 0.25) is 0 Å². The summed E-state index contributed by atoms with van der Waals surface area (Å²) in [5, 5.41) is 23.0. The van der Waals surface area contributed by atoms with Crippen LogP contribution in [0.2, 0.25) is 0 Å². The van der Waals surface area contributed by atoms with Gasteiger partial charge < -0.3 is 20.9 Å². The molecular formula is C15H18N4O2. The average molecular weight is 286 g/mol. The highest BCUT2D eigenvalue weighted by Gasteiger charge is 2.23. The minimum absolute atomic E-state index is 0.0308. The number of fused-ring (bicyclic) bond motifs is 1. The highest BCUT2D eigenvalue weighted by atomic mass is 16.4. The van der Waals surface area contributed by atoms with E-state index >= 15 is 0 Å². The normalized spacial score (nSPS) is 20.0. The van der Waals surface area contributed by atoms with E-state index in [2.05, 4.69) is 15.0 Å². The molecule has 1 atom stereocenters. The molecule has 1 aliphatic rings. The van der Waals surface area contributed by atoms with Gasteiger partial charge >= 0.3 is 0 Å². The zero-order valence-electron chi connectivity index (χ0n) is 11.6. The summed E-state index contributed by atoms with van der Waals surface area (Å²) in [6.07, 6.45) is 2.98. The second-order valence-corrected chi connectivity index (χ2v) is 5.26. The number of nitrogens with two attached hydrogens (primary N) is 1. The first-order valence-electron chi connectivity index (χ1n) is 6.99. The molecule has 1 fully saturated rings. The number of rotatable bonds is 2. The molecule has 4 N–H and O–H groups in total. The Bertz CT molecular complexity index is 686. The van der Waals surface area contributed by atoms with Crippen molar-refractivity contribution < 1.29 is 10.3 Å². The topological polar surface area (TPSA) is 95.0 Å². The third kappa shape index (κ3) is 2.50. The van der Waals surface area contributed by atoms with Crippen molar-refractivity contribution in [2.75, 3.05) is 18.0 Å². The smallest absolute Gasteiger partial charge is 0.173 e. The number of anilines is 1. The van der Waals surface area contributed by atoms with Gasteiger partial charge in [0.25, 0.3) is 0 Å². The van der Waals surface area contributed by atoms with Gasteiger partial charge in [-0.05, 0) is 18.9 Å². The standard InChI is InChI=1S/C15H18N4O2/c16-15(18-21)12-8-17-13-6-2-1-5-11(13)14(12)19-7-3-4-10(20)9-19/h1-2,5-6,8,10,20-21H,3-4,7,9H2,(H2,16,18). The summed E-state index contributed by atoms with van der Waals surface area (Å²) in [6, 6.07) is 7.75. The summed E-state index contributed by atoms with van der Waals surface area (Å²) in [5.41, 5.74) is 8.11. The van der Waals surface area contributed by atoms with E-state index in [4.69, 9.17) is 10.9 Å². The second kappa shape index (κ2) is 5.57. The molecule has 6 heteroatoms. The van der Waals surface area contributed by atoms with E-state index < -0.39 is 0 Å². The largest absolute Gasteiger partial charge is 0.409 e. The number of aliphatic hydroxyl groups is 1. The summed E-state index contributed by atoms with van der Waals surface area (Å²) in [6.45, 7) is 1.37. The number of pyridine rings is 1. The molecule has 2 heterocycles. The van der Waals surface area contributed by atoms with Gasteiger partial charge in [0, 0.05) is 24.7 Å². The molecule has 0 bridgehead atoms. The molecule has 0 aliphatic carbocycles. The number of β-amino-alcohol motifs (C(OH)–C–C–N with tert-alkyl or cyclic N) is 1. The second-order valence-electron chi connectivity index (χ2n) is 5.26. The van der Waals surface area contributed by atoms with Crippen LogP contribution >= 0.6 is 0 Å². The Hall–Kier alpha value is -2.34. The van der Waals surface area contributed by atoms with Gasteiger partial charge in [-0.1, -0.05) is 23.4 Å². The third-order valence-electron chi connectivity index (χ3n) is 3.84. The van der Waals surface area contributed by atoms with Gasteiger partial charge in [-0.3, -0.25) is 4.98 Å². The number of aliphatic hydroxyl groups excluding tert-OH is 1. The fourth-order valence-corrected chi connectivity index (χ4v) is 2.87. The maximum atomic E-state index is 9.93. The van der Waals surface area contributed by atoms with E-state index in [0.29, 0.717) is 12.1 Å². The highest BCUT2D eigenvalue weighted by molar-refractivity contribution is 6.08. The number of benzene rings is 1. The van der Waals surface area contributed by atoms with E-state index in [1.807, 2.05) is 24.3 Å². The lowest BCUT2D eigenvalue weighted by molar-refractivity contribution is 0.154. The predicted octanol–water partition coefficient (Wildman–Crippen LogP) is 1.29. The molecule has 0 spiro atoms. The van der Waals surface area contributed by atoms with E-state index in [-0.39, 0.29) is 11.9 Å². The molecule has 1 unspecified atom stereocenters. The van der Waals surface area contributed by atoms with Gasteiger partial charge in [0.1, 0.15) is 0 Å². The van der Waals surface area contributed by atoms with Crippen LogP contribution in [0.3, 0.4) is 0 Å². The van der Waals surface area contributed by atoms with E-state index in [0.717, 1.165) is 36.0 Å². The van der Waals surface area contributed by atoms with Crippen LogP contribution in [0.15, 0.2) is 35.6 Å². The molecule has 6 nitrogen and oxygen atoms in total. The lowest BCUT2D eigenvalue weighted by Gasteiger charge is -2.33. The van der Waals surface area contributed by atoms with Crippen molar-refractivity contribution in [2.24, 2.45) is 10.9 Å². The van der Waals surface area contributed by atoms with E-state index in [1.54, 1.807) is 6.20 Å². The first-order chi connectivity index (χ1) is 10.2. The summed E-state index contributed by atoms with van der Waals surface area (Å²) in [7, 11) is 0. The molecule has 2 aromatic rings. The first kappa shape index (κ1) is 13.6. The van der Waals surface area contributed by atoms with Crippen molar-refractivity contribution in [3.63, 3.8) is 0 Å². The molecule has 0 amide bonds. The van der Waals surface area contributed by atoms with Gasteiger partial charge in [0.05, 0.1) is 22.9 Å². The number of piperidine rings is 1. The summed E-state index contributed by atoms with van der Waals surface area (Å²) in [5.74, 6) is 0.0308. The lowest BCUT2D eigenvalue weighted by Crippen LogP contribution is -2.39. The van der Waals surface area contributed by atoms with Crippen LogP contribution in [-0.2, 0) is 0 Å². The van der Waals surface area contributed by atoms with Crippen LogP contribution in [0, 0.1) is 0 Å². The number of amidine groups is 1. The quantitative estimate of drug-likeness (QED) is 0.335. The third-order valence-corrected chi connectivity index (χ3v) is 3.84. The fraction of sp³-hybridized carbons (Fsp3) is 0.333. The Labute approximate surface area is 122 Å². The van der Waals surface area contributed by atoms with Crippen molar-refractivity contribution in [3.05, 3.63) is 36.0 Å². The maximum Gasteiger partial charge on any atom is 0.173 e. The van der Waals surface area contributed by atoms with Gasteiger partial charge in [-0.15, -0.1) is 0 Å². The molecule has 21 heavy (non-hydrogen) atoms. The van der Waals surface area contributed by atoms with Gasteiger partial charge in [-0.2, -0.15) is 0 Å². The van der Waals surface area contributed by atoms with Crippen LogP contribution in [0.4, 0.5) is 5.69 Å². The molecule has 3 rings (SSSR count). The van der Waals surface area contributed by atoms with Crippen LogP contribution in [0.5, 0.6) is 0 Å².